The Kier molecular flexibility index (Phi) is 7.60. The smallest absolute Gasteiger partial charge is 0.330 e. The van der Waals surface area contributed by atoms with Crippen molar-refractivity contribution in [3.8, 4) is 11.5 Å². The van der Waals surface area contributed by atoms with Gasteiger partial charge in [0.25, 0.3) is 0 Å². The van der Waals surface area contributed by atoms with Crippen molar-refractivity contribution in [3.05, 3.63) is 23.3 Å². The molecule has 1 aromatic rings. The van der Waals surface area contributed by atoms with Crippen molar-refractivity contribution in [1.82, 2.24) is 0 Å². The zero-order valence-corrected chi connectivity index (χ0v) is 19.2. The van der Waals surface area contributed by atoms with E-state index in [9.17, 15) is 14.8 Å². The lowest BCUT2D eigenvalue weighted by Gasteiger charge is -2.35. The highest BCUT2D eigenvalue weighted by Crippen LogP contribution is 2.54. The molecule has 156 valence electrons. The van der Waals surface area contributed by atoms with Crippen LogP contribution in [0.3, 0.4) is 0 Å². The van der Waals surface area contributed by atoms with Gasteiger partial charge in [0.1, 0.15) is 11.5 Å². The molecule has 0 aliphatic heterocycles. The average Bonchev–Trinajstić information content (AvgIpc) is 2.50. The minimum absolute atomic E-state index is 0.0254. The molecule has 1 aromatic carbocycles. The highest BCUT2D eigenvalue weighted by Gasteiger charge is 2.36. The third-order valence-corrected chi connectivity index (χ3v) is 6.97. The van der Waals surface area contributed by atoms with Crippen LogP contribution in [0, 0.1) is 11.3 Å². The Bertz CT molecular complexity index is 681. The third-order valence-electron chi connectivity index (χ3n) is 5.02. The predicted octanol–water partition coefficient (Wildman–Crippen LogP) is 6.04. The SMILES string of the molecule is COP(=O)(CC(c1ccc(O)c(C(C)(C)CC(C)(C)C)c1O)C(C)C)OC. The Morgan fingerprint density at radius 2 is 1.56 bits per heavy atom. The Morgan fingerprint density at radius 1 is 1.04 bits per heavy atom. The molecule has 2 N–H and O–H groups in total. The van der Waals surface area contributed by atoms with E-state index in [1.54, 1.807) is 12.1 Å². The third kappa shape index (κ3) is 5.97. The van der Waals surface area contributed by atoms with Crippen LogP contribution in [0.1, 0.15) is 71.9 Å². The van der Waals surface area contributed by atoms with Gasteiger partial charge in [-0.25, -0.2) is 0 Å². The number of rotatable bonds is 8. The van der Waals surface area contributed by atoms with Gasteiger partial charge >= 0.3 is 7.60 Å². The lowest BCUT2D eigenvalue weighted by molar-refractivity contribution is 0.268. The number of benzene rings is 1. The normalized spacial score (nSPS) is 14.6. The molecule has 0 aliphatic rings. The molecule has 0 aliphatic carbocycles. The van der Waals surface area contributed by atoms with Crippen LogP contribution in [0.5, 0.6) is 11.5 Å². The molecule has 0 amide bonds. The molecular weight excluding hydrogens is 363 g/mol. The summed E-state index contributed by atoms with van der Waals surface area (Å²) in [5.41, 5.74) is 0.785. The minimum atomic E-state index is -3.25. The summed E-state index contributed by atoms with van der Waals surface area (Å²) in [6.45, 7) is 14.5. The molecule has 27 heavy (non-hydrogen) atoms. The molecule has 0 bridgehead atoms. The first-order valence-corrected chi connectivity index (χ1v) is 11.2. The number of hydrogen-bond acceptors (Lipinski definition) is 5. The van der Waals surface area contributed by atoms with Crippen molar-refractivity contribution in [2.45, 2.75) is 66.2 Å². The van der Waals surface area contributed by atoms with Crippen LogP contribution in [-0.2, 0) is 19.0 Å². The van der Waals surface area contributed by atoms with Gasteiger partial charge in [-0.2, -0.15) is 0 Å². The van der Waals surface area contributed by atoms with E-state index in [-0.39, 0.29) is 34.9 Å². The maximum Gasteiger partial charge on any atom is 0.330 e. The van der Waals surface area contributed by atoms with Gasteiger partial charge in [-0.15, -0.1) is 0 Å². The van der Waals surface area contributed by atoms with Gasteiger partial charge in [0.15, 0.2) is 0 Å². The average molecular weight is 400 g/mol. The predicted molar refractivity (Wildman–Crippen MR) is 111 cm³/mol. The number of hydrogen-bond donors (Lipinski definition) is 2. The summed E-state index contributed by atoms with van der Waals surface area (Å²) in [6.07, 6.45) is 0.945. The van der Waals surface area contributed by atoms with Gasteiger partial charge in [-0.05, 0) is 34.8 Å². The Hall–Kier alpha value is -1.03. The second kappa shape index (κ2) is 8.55. The van der Waals surface area contributed by atoms with Crippen molar-refractivity contribution in [3.63, 3.8) is 0 Å². The van der Waals surface area contributed by atoms with Crippen molar-refractivity contribution in [1.29, 1.82) is 0 Å². The van der Waals surface area contributed by atoms with Crippen LogP contribution in [0.25, 0.3) is 0 Å². The minimum Gasteiger partial charge on any atom is -0.508 e. The highest BCUT2D eigenvalue weighted by atomic mass is 31.2. The van der Waals surface area contributed by atoms with Crippen molar-refractivity contribution in [2.24, 2.45) is 11.3 Å². The fourth-order valence-electron chi connectivity index (χ4n) is 4.11. The Balaban J connectivity index is 3.51. The molecule has 0 heterocycles. The molecule has 1 atom stereocenters. The van der Waals surface area contributed by atoms with Crippen molar-refractivity contribution < 1.29 is 23.8 Å². The van der Waals surface area contributed by atoms with Gasteiger partial charge in [0.05, 0.1) is 6.16 Å². The summed E-state index contributed by atoms with van der Waals surface area (Å²) in [4.78, 5) is 0. The van der Waals surface area contributed by atoms with Gasteiger partial charge in [-0.3, -0.25) is 4.57 Å². The molecule has 1 rings (SSSR count). The van der Waals surface area contributed by atoms with E-state index >= 15 is 0 Å². The summed E-state index contributed by atoms with van der Waals surface area (Å²) in [5, 5.41) is 21.7. The van der Waals surface area contributed by atoms with E-state index in [2.05, 4.69) is 20.8 Å². The number of phenols is 2. The lowest BCUT2D eigenvalue weighted by atomic mass is 9.70. The van der Waals surface area contributed by atoms with E-state index in [1.807, 2.05) is 27.7 Å². The quantitative estimate of drug-likeness (QED) is 0.521. The second-order valence-corrected chi connectivity index (χ2v) is 11.8. The van der Waals surface area contributed by atoms with Gasteiger partial charge in [0, 0.05) is 25.7 Å². The van der Waals surface area contributed by atoms with Crippen LogP contribution < -0.4 is 0 Å². The van der Waals surface area contributed by atoms with Gasteiger partial charge in [-0.1, -0.05) is 54.5 Å². The fraction of sp³-hybridized carbons (Fsp3) is 0.714. The first-order chi connectivity index (χ1) is 12.2. The maximum atomic E-state index is 12.7. The van der Waals surface area contributed by atoms with Crippen LogP contribution in [0.15, 0.2) is 12.1 Å². The topological polar surface area (TPSA) is 76.0 Å². The largest absolute Gasteiger partial charge is 0.508 e. The Morgan fingerprint density at radius 3 is 1.96 bits per heavy atom. The van der Waals surface area contributed by atoms with Crippen molar-refractivity contribution in [2.75, 3.05) is 20.4 Å². The summed E-state index contributed by atoms with van der Waals surface area (Å²) in [6, 6.07) is 3.33. The molecule has 1 unspecified atom stereocenters. The number of phenolic OH excluding ortho intramolecular Hbond substituents is 2. The summed E-state index contributed by atoms with van der Waals surface area (Å²) >= 11 is 0. The summed E-state index contributed by atoms with van der Waals surface area (Å²) < 4.78 is 22.9. The van der Waals surface area contributed by atoms with E-state index in [1.165, 1.54) is 14.2 Å². The molecule has 0 aromatic heterocycles. The molecule has 0 saturated heterocycles. The second-order valence-electron chi connectivity index (χ2n) is 9.53. The summed E-state index contributed by atoms with van der Waals surface area (Å²) in [7, 11) is -0.509. The summed E-state index contributed by atoms with van der Waals surface area (Å²) in [5.74, 6) is 0.00884. The van der Waals surface area contributed by atoms with E-state index < -0.39 is 13.0 Å². The maximum absolute atomic E-state index is 12.7. The van der Waals surface area contributed by atoms with Gasteiger partial charge < -0.3 is 19.3 Å². The molecule has 0 fully saturated rings. The zero-order valence-electron chi connectivity index (χ0n) is 18.3. The first kappa shape index (κ1) is 24.0. The molecule has 0 radical (unpaired) electrons. The molecule has 6 heteroatoms. The van der Waals surface area contributed by atoms with Crippen molar-refractivity contribution >= 4 is 7.60 Å². The number of aromatic hydroxyl groups is 2. The lowest BCUT2D eigenvalue weighted by Crippen LogP contribution is -2.25. The molecule has 0 spiro atoms. The van der Waals surface area contributed by atoms with Crippen LogP contribution in [0.2, 0.25) is 0 Å². The van der Waals surface area contributed by atoms with E-state index in [4.69, 9.17) is 9.05 Å². The van der Waals surface area contributed by atoms with Crippen LogP contribution in [0.4, 0.5) is 0 Å². The molecule has 5 nitrogen and oxygen atoms in total. The Labute approximate surface area is 164 Å². The zero-order chi connectivity index (χ0) is 21.2. The fourth-order valence-corrected chi connectivity index (χ4v) is 5.66. The molecular formula is C21H37O5P. The van der Waals surface area contributed by atoms with E-state index in [0.29, 0.717) is 11.1 Å². The van der Waals surface area contributed by atoms with E-state index in [0.717, 1.165) is 6.42 Å². The van der Waals surface area contributed by atoms with Crippen LogP contribution in [-0.4, -0.2) is 30.6 Å². The first-order valence-electron chi connectivity index (χ1n) is 9.43. The van der Waals surface area contributed by atoms with Gasteiger partial charge in [0.2, 0.25) is 0 Å². The highest BCUT2D eigenvalue weighted by molar-refractivity contribution is 7.53. The molecule has 0 saturated carbocycles. The van der Waals surface area contributed by atoms with Crippen LogP contribution >= 0.6 is 7.60 Å². The standard InChI is InChI=1S/C21H37O5P/c1-14(2)16(12-27(24,25-8)26-9)15-10-11-17(22)18(19(15)23)21(6,7)13-20(3,4)5/h10-11,14,16,22-23H,12-13H2,1-9H3. The monoisotopic (exact) mass is 400 g/mol.